The molecule has 1 aliphatic carbocycles. The van der Waals surface area contributed by atoms with Crippen molar-refractivity contribution in [2.75, 3.05) is 25.0 Å². The van der Waals surface area contributed by atoms with Crippen LogP contribution in [0.1, 0.15) is 37.7 Å². The minimum absolute atomic E-state index is 0.0179. The minimum Gasteiger partial charge on any atom is -0.325 e. The van der Waals surface area contributed by atoms with Crippen LogP contribution in [-0.2, 0) is 4.79 Å². The van der Waals surface area contributed by atoms with E-state index in [1.54, 1.807) is 18.2 Å². The van der Waals surface area contributed by atoms with Crippen molar-refractivity contribution in [2.45, 2.75) is 32.1 Å². The van der Waals surface area contributed by atoms with Crippen LogP contribution in [0.3, 0.4) is 0 Å². The second kappa shape index (κ2) is 6.93. The lowest BCUT2D eigenvalue weighted by atomic mass is 9.75. The Morgan fingerprint density at radius 1 is 1.27 bits per heavy atom. The van der Waals surface area contributed by atoms with E-state index < -0.39 is 0 Å². The summed E-state index contributed by atoms with van der Waals surface area (Å²) in [6, 6.07) is 9.16. The number of fused-ring (bicyclic) bond motifs is 1. The van der Waals surface area contributed by atoms with Crippen LogP contribution in [-0.4, -0.2) is 30.4 Å². The molecular formula is C18H23N3O. The van der Waals surface area contributed by atoms with Crippen LogP contribution in [0.15, 0.2) is 24.3 Å². The van der Waals surface area contributed by atoms with Gasteiger partial charge in [-0.25, -0.2) is 0 Å². The van der Waals surface area contributed by atoms with Crippen LogP contribution in [0.25, 0.3) is 0 Å². The lowest BCUT2D eigenvalue weighted by molar-refractivity contribution is -0.118. The van der Waals surface area contributed by atoms with E-state index in [1.165, 1.54) is 32.1 Å². The summed E-state index contributed by atoms with van der Waals surface area (Å²) in [5, 5.41) is 11.8. The lowest BCUT2D eigenvalue weighted by Gasteiger charge is -2.41. The Morgan fingerprint density at radius 2 is 2.09 bits per heavy atom. The second-order valence-electron chi connectivity index (χ2n) is 6.57. The fraction of sp³-hybridized carbons (Fsp3) is 0.556. The zero-order chi connectivity index (χ0) is 15.4. The van der Waals surface area contributed by atoms with Crippen LogP contribution in [0.4, 0.5) is 5.69 Å². The maximum Gasteiger partial charge on any atom is 0.238 e. The molecule has 1 aromatic carbocycles. The topological polar surface area (TPSA) is 56.1 Å². The molecular weight excluding hydrogens is 274 g/mol. The molecule has 22 heavy (non-hydrogen) atoms. The molecule has 2 atom stereocenters. The third-order valence-corrected chi connectivity index (χ3v) is 5.02. The Bertz CT molecular complexity index is 578. The molecule has 1 saturated heterocycles. The van der Waals surface area contributed by atoms with Crippen molar-refractivity contribution in [3.05, 3.63) is 29.8 Å². The summed E-state index contributed by atoms with van der Waals surface area (Å²) < 4.78 is 0. The van der Waals surface area contributed by atoms with Crippen molar-refractivity contribution in [3.63, 3.8) is 0 Å². The first-order valence-electron chi connectivity index (χ1n) is 8.27. The fourth-order valence-electron chi connectivity index (χ4n) is 3.89. The van der Waals surface area contributed by atoms with E-state index in [0.29, 0.717) is 17.8 Å². The van der Waals surface area contributed by atoms with Gasteiger partial charge < -0.3 is 5.32 Å². The number of carbonyl (C=O) groups excluding carboxylic acids is 1. The number of likely N-dealkylation sites (tertiary alicyclic amines) is 1. The van der Waals surface area contributed by atoms with Gasteiger partial charge >= 0.3 is 0 Å². The molecule has 3 rings (SSSR count). The maximum atomic E-state index is 12.2. The standard InChI is InChI=1S/C18H23N3O/c19-11-14-4-3-7-17(10-14)20-18(22)13-21-9-8-15-5-1-2-6-16(15)12-21/h3-4,7,10,15-16H,1-2,5-6,8-9,12-13H2,(H,20,22)/t15-,16+/m0/s1. The fourth-order valence-corrected chi connectivity index (χ4v) is 3.89. The first-order valence-corrected chi connectivity index (χ1v) is 8.27. The molecule has 1 N–H and O–H groups in total. The Hall–Kier alpha value is -1.86. The number of benzene rings is 1. The van der Waals surface area contributed by atoms with Gasteiger partial charge in [0.1, 0.15) is 0 Å². The average Bonchev–Trinajstić information content (AvgIpc) is 2.55. The molecule has 1 aromatic rings. The number of hydrogen-bond donors (Lipinski definition) is 1. The Labute approximate surface area is 132 Å². The van der Waals surface area contributed by atoms with Crippen LogP contribution in [0.5, 0.6) is 0 Å². The van der Waals surface area contributed by atoms with Gasteiger partial charge in [0.25, 0.3) is 0 Å². The predicted molar refractivity (Wildman–Crippen MR) is 86.3 cm³/mol. The normalized spacial score (nSPS) is 25.0. The molecule has 0 spiro atoms. The zero-order valence-electron chi connectivity index (χ0n) is 12.9. The molecule has 0 radical (unpaired) electrons. The number of anilines is 1. The lowest BCUT2D eigenvalue weighted by Crippen LogP contribution is -2.44. The quantitative estimate of drug-likeness (QED) is 0.933. The first-order chi connectivity index (χ1) is 10.7. The summed E-state index contributed by atoms with van der Waals surface area (Å²) in [6.45, 7) is 2.56. The highest BCUT2D eigenvalue weighted by Gasteiger charge is 2.31. The third kappa shape index (κ3) is 3.66. The van der Waals surface area contributed by atoms with Gasteiger partial charge in [-0.2, -0.15) is 5.26 Å². The predicted octanol–water partition coefficient (Wildman–Crippen LogP) is 3.01. The molecule has 0 aromatic heterocycles. The van der Waals surface area contributed by atoms with Crippen LogP contribution < -0.4 is 5.32 Å². The van der Waals surface area contributed by atoms with Crippen LogP contribution in [0.2, 0.25) is 0 Å². The molecule has 1 aliphatic heterocycles. The zero-order valence-corrected chi connectivity index (χ0v) is 12.9. The van der Waals surface area contributed by atoms with Crippen LogP contribution in [0, 0.1) is 23.2 Å². The molecule has 2 aliphatic rings. The van der Waals surface area contributed by atoms with Crippen molar-refractivity contribution in [2.24, 2.45) is 11.8 Å². The second-order valence-corrected chi connectivity index (χ2v) is 6.57. The average molecular weight is 297 g/mol. The summed E-state index contributed by atoms with van der Waals surface area (Å²) in [5.74, 6) is 1.70. The van der Waals surface area contributed by atoms with Gasteiger partial charge in [-0.05, 0) is 49.4 Å². The number of nitriles is 1. The number of rotatable bonds is 3. The van der Waals surface area contributed by atoms with Crippen molar-refractivity contribution in [1.29, 1.82) is 5.26 Å². The van der Waals surface area contributed by atoms with E-state index in [9.17, 15) is 4.79 Å². The van der Waals surface area contributed by atoms with Crippen molar-refractivity contribution >= 4 is 11.6 Å². The molecule has 4 nitrogen and oxygen atoms in total. The highest BCUT2D eigenvalue weighted by Crippen LogP contribution is 2.35. The SMILES string of the molecule is N#Cc1cccc(NC(=O)CN2CC[C@@H]3CCCC[C@@H]3C2)c1. The van der Waals surface area contributed by atoms with E-state index in [4.69, 9.17) is 5.26 Å². The molecule has 2 fully saturated rings. The van der Waals surface area contributed by atoms with Gasteiger partial charge in [0.2, 0.25) is 5.91 Å². The summed E-state index contributed by atoms with van der Waals surface area (Å²) in [6.07, 6.45) is 6.68. The van der Waals surface area contributed by atoms with E-state index in [-0.39, 0.29) is 5.91 Å². The molecule has 1 heterocycles. The summed E-state index contributed by atoms with van der Waals surface area (Å²) in [4.78, 5) is 14.5. The first kappa shape index (κ1) is 15.1. The highest BCUT2D eigenvalue weighted by molar-refractivity contribution is 5.92. The highest BCUT2D eigenvalue weighted by atomic mass is 16.2. The third-order valence-electron chi connectivity index (χ3n) is 5.02. The van der Waals surface area contributed by atoms with E-state index >= 15 is 0 Å². The van der Waals surface area contributed by atoms with E-state index in [0.717, 1.165) is 24.9 Å². The van der Waals surface area contributed by atoms with E-state index in [2.05, 4.69) is 16.3 Å². The van der Waals surface area contributed by atoms with Gasteiger partial charge in [0.05, 0.1) is 18.2 Å². The van der Waals surface area contributed by atoms with Crippen molar-refractivity contribution < 1.29 is 4.79 Å². The number of carbonyl (C=O) groups is 1. The van der Waals surface area contributed by atoms with Gasteiger partial charge in [-0.15, -0.1) is 0 Å². The summed E-state index contributed by atoms with van der Waals surface area (Å²) >= 11 is 0. The summed E-state index contributed by atoms with van der Waals surface area (Å²) in [5.41, 5.74) is 1.28. The minimum atomic E-state index is 0.0179. The Morgan fingerprint density at radius 3 is 2.91 bits per heavy atom. The van der Waals surface area contributed by atoms with Crippen LogP contribution >= 0.6 is 0 Å². The molecule has 116 valence electrons. The van der Waals surface area contributed by atoms with Gasteiger partial charge in [-0.3, -0.25) is 9.69 Å². The molecule has 1 amide bonds. The summed E-state index contributed by atoms with van der Waals surface area (Å²) in [7, 11) is 0. The number of hydrogen-bond acceptors (Lipinski definition) is 3. The number of nitrogens with zero attached hydrogens (tertiary/aromatic N) is 2. The number of amides is 1. The number of nitrogens with one attached hydrogen (secondary N) is 1. The van der Waals surface area contributed by atoms with Crippen molar-refractivity contribution in [1.82, 2.24) is 4.90 Å². The monoisotopic (exact) mass is 297 g/mol. The maximum absolute atomic E-state index is 12.2. The van der Waals surface area contributed by atoms with Gasteiger partial charge in [0, 0.05) is 12.2 Å². The Balaban J connectivity index is 1.52. The number of piperidine rings is 1. The Kier molecular flexibility index (Phi) is 4.74. The molecule has 0 unspecified atom stereocenters. The van der Waals surface area contributed by atoms with Gasteiger partial charge in [0.15, 0.2) is 0 Å². The van der Waals surface area contributed by atoms with Crippen molar-refractivity contribution in [3.8, 4) is 6.07 Å². The molecule has 1 saturated carbocycles. The largest absolute Gasteiger partial charge is 0.325 e. The smallest absolute Gasteiger partial charge is 0.238 e. The van der Waals surface area contributed by atoms with Gasteiger partial charge in [-0.1, -0.05) is 25.3 Å². The molecule has 4 heteroatoms. The molecule has 0 bridgehead atoms. The van der Waals surface area contributed by atoms with E-state index in [1.807, 2.05) is 6.07 Å².